The van der Waals surface area contributed by atoms with Gasteiger partial charge in [0.25, 0.3) is 0 Å². The number of nitrogens with one attached hydrogen (secondary N) is 2. The van der Waals surface area contributed by atoms with Gasteiger partial charge in [-0.1, -0.05) is 18.5 Å². The molecule has 0 aliphatic rings. The quantitative estimate of drug-likeness (QED) is 0.695. The normalized spacial score (nSPS) is 10.2. The Morgan fingerprint density at radius 3 is 2.00 bits per heavy atom. The summed E-state index contributed by atoms with van der Waals surface area (Å²) in [6.45, 7) is 1.96. The zero-order valence-corrected chi connectivity index (χ0v) is 14.9. The molecule has 0 bridgehead atoms. The van der Waals surface area contributed by atoms with Gasteiger partial charge in [-0.05, 0) is 55.0 Å². The third-order valence-electron chi connectivity index (χ3n) is 3.11. The first kappa shape index (κ1) is 18.4. The average molecular weight is 363 g/mol. The number of anilines is 2. The smallest absolute Gasteiger partial charge is 0.234 e. The maximum Gasteiger partial charge on any atom is 0.234 e. The molecule has 2 aromatic rings. The molecule has 0 saturated carbocycles. The second-order valence-electron chi connectivity index (χ2n) is 5.17. The van der Waals surface area contributed by atoms with Gasteiger partial charge in [0.2, 0.25) is 11.8 Å². The van der Waals surface area contributed by atoms with Crippen molar-refractivity contribution in [3.63, 3.8) is 0 Å². The third kappa shape index (κ3) is 6.26. The van der Waals surface area contributed by atoms with Crippen LogP contribution in [0.4, 0.5) is 11.4 Å². The molecule has 0 atom stereocenters. The van der Waals surface area contributed by atoms with E-state index in [0.717, 1.165) is 17.0 Å². The molecule has 0 saturated heterocycles. The maximum atomic E-state index is 12.0. The molecule has 0 aliphatic heterocycles. The number of rotatable bonds is 7. The number of thioether (sulfide) groups is 1. The van der Waals surface area contributed by atoms with E-state index in [-0.39, 0.29) is 11.8 Å². The lowest BCUT2D eigenvalue weighted by Gasteiger charge is -2.08. The number of benzene rings is 2. The summed E-state index contributed by atoms with van der Waals surface area (Å²) >= 11 is 7.27. The van der Waals surface area contributed by atoms with Crippen molar-refractivity contribution in [3.8, 4) is 0 Å². The zero-order chi connectivity index (χ0) is 17.4. The van der Waals surface area contributed by atoms with Gasteiger partial charge in [-0.3, -0.25) is 9.59 Å². The van der Waals surface area contributed by atoms with Crippen LogP contribution in [0.5, 0.6) is 0 Å². The molecular weight excluding hydrogens is 344 g/mol. The molecule has 24 heavy (non-hydrogen) atoms. The van der Waals surface area contributed by atoms with E-state index < -0.39 is 0 Å². The maximum absolute atomic E-state index is 12.0. The third-order valence-corrected chi connectivity index (χ3v) is 4.38. The lowest BCUT2D eigenvalue weighted by atomic mass is 10.2. The number of amides is 2. The van der Waals surface area contributed by atoms with Gasteiger partial charge in [0.15, 0.2) is 0 Å². The fraction of sp³-hybridized carbons (Fsp3) is 0.222. The summed E-state index contributed by atoms with van der Waals surface area (Å²) in [5.74, 6) is 0.225. The minimum absolute atomic E-state index is 0.00588. The SMILES string of the molecule is CCCC(=O)Nc1ccc(NC(=O)CSc2ccc(Cl)cc2)cc1. The molecule has 0 aliphatic carbocycles. The van der Waals surface area contributed by atoms with Gasteiger partial charge in [0.1, 0.15) is 0 Å². The Hall–Kier alpha value is -1.98. The molecule has 2 amide bonds. The predicted molar refractivity (Wildman–Crippen MR) is 101 cm³/mol. The highest BCUT2D eigenvalue weighted by atomic mass is 35.5. The van der Waals surface area contributed by atoms with Crippen LogP contribution in [-0.2, 0) is 9.59 Å². The summed E-state index contributed by atoms with van der Waals surface area (Å²) in [4.78, 5) is 24.5. The minimum atomic E-state index is -0.0854. The van der Waals surface area contributed by atoms with Crippen LogP contribution in [0.1, 0.15) is 19.8 Å². The largest absolute Gasteiger partial charge is 0.326 e. The molecular formula is C18H19ClN2O2S. The van der Waals surface area contributed by atoms with Crippen molar-refractivity contribution in [2.24, 2.45) is 0 Å². The van der Waals surface area contributed by atoms with E-state index >= 15 is 0 Å². The molecule has 0 aromatic heterocycles. The van der Waals surface area contributed by atoms with Crippen molar-refractivity contribution in [3.05, 3.63) is 53.6 Å². The van der Waals surface area contributed by atoms with Gasteiger partial charge >= 0.3 is 0 Å². The highest BCUT2D eigenvalue weighted by Crippen LogP contribution is 2.21. The van der Waals surface area contributed by atoms with Crippen molar-refractivity contribution in [2.75, 3.05) is 16.4 Å². The molecule has 0 spiro atoms. The van der Waals surface area contributed by atoms with Crippen molar-refractivity contribution in [1.82, 2.24) is 0 Å². The first-order valence-corrected chi connectivity index (χ1v) is 9.01. The topological polar surface area (TPSA) is 58.2 Å². The van der Waals surface area contributed by atoms with Crippen LogP contribution in [0.3, 0.4) is 0 Å². The Labute approximate surface area is 151 Å². The fourth-order valence-electron chi connectivity index (χ4n) is 1.96. The molecule has 4 nitrogen and oxygen atoms in total. The Kier molecular flexibility index (Phi) is 7.15. The summed E-state index contributed by atoms with van der Waals surface area (Å²) in [6, 6.07) is 14.5. The average Bonchev–Trinajstić information content (AvgIpc) is 2.56. The second kappa shape index (κ2) is 9.35. The molecule has 2 aromatic carbocycles. The van der Waals surface area contributed by atoms with E-state index in [2.05, 4.69) is 10.6 Å². The summed E-state index contributed by atoms with van der Waals surface area (Å²) in [5, 5.41) is 6.31. The van der Waals surface area contributed by atoms with Gasteiger partial charge < -0.3 is 10.6 Å². The van der Waals surface area contributed by atoms with Gasteiger partial charge in [-0.15, -0.1) is 11.8 Å². The van der Waals surface area contributed by atoms with Crippen molar-refractivity contribution < 1.29 is 9.59 Å². The van der Waals surface area contributed by atoms with E-state index in [1.165, 1.54) is 11.8 Å². The Balaban J connectivity index is 1.81. The Morgan fingerprint density at radius 2 is 1.46 bits per heavy atom. The van der Waals surface area contributed by atoms with E-state index in [1.807, 2.05) is 19.1 Å². The predicted octanol–water partition coefficient (Wildman–Crippen LogP) is 4.81. The van der Waals surface area contributed by atoms with E-state index in [4.69, 9.17) is 11.6 Å². The fourth-order valence-corrected chi connectivity index (χ4v) is 2.79. The Morgan fingerprint density at radius 1 is 0.917 bits per heavy atom. The van der Waals surface area contributed by atoms with E-state index in [1.54, 1.807) is 36.4 Å². The van der Waals surface area contributed by atoms with Crippen LogP contribution in [0.2, 0.25) is 5.02 Å². The van der Waals surface area contributed by atoms with Crippen molar-refractivity contribution in [1.29, 1.82) is 0 Å². The molecule has 0 radical (unpaired) electrons. The molecule has 126 valence electrons. The van der Waals surface area contributed by atoms with Crippen LogP contribution in [0.15, 0.2) is 53.4 Å². The molecule has 6 heteroatoms. The van der Waals surface area contributed by atoms with Gasteiger partial charge in [-0.2, -0.15) is 0 Å². The van der Waals surface area contributed by atoms with E-state index in [0.29, 0.717) is 22.9 Å². The summed E-state index contributed by atoms with van der Waals surface area (Å²) in [6.07, 6.45) is 1.31. The monoisotopic (exact) mass is 362 g/mol. The first-order chi connectivity index (χ1) is 11.6. The number of carbonyl (C=O) groups is 2. The lowest BCUT2D eigenvalue weighted by molar-refractivity contribution is -0.116. The number of hydrogen-bond donors (Lipinski definition) is 2. The summed E-state index contributed by atoms with van der Waals surface area (Å²) in [7, 11) is 0. The molecule has 0 fully saturated rings. The van der Waals surface area contributed by atoms with Crippen LogP contribution in [0, 0.1) is 0 Å². The molecule has 0 heterocycles. The molecule has 2 rings (SSSR count). The standard InChI is InChI=1S/C18H19ClN2O2S/c1-2-3-17(22)20-14-6-8-15(9-7-14)21-18(23)12-24-16-10-4-13(19)5-11-16/h4-11H,2-3,12H2,1H3,(H,20,22)(H,21,23). The Bertz CT molecular complexity index is 687. The van der Waals surface area contributed by atoms with Crippen LogP contribution >= 0.6 is 23.4 Å². The van der Waals surface area contributed by atoms with Gasteiger partial charge in [-0.25, -0.2) is 0 Å². The molecule has 0 unspecified atom stereocenters. The van der Waals surface area contributed by atoms with E-state index in [9.17, 15) is 9.59 Å². The van der Waals surface area contributed by atoms with Gasteiger partial charge in [0.05, 0.1) is 5.75 Å². The minimum Gasteiger partial charge on any atom is -0.326 e. The molecule has 2 N–H and O–H groups in total. The van der Waals surface area contributed by atoms with Crippen LogP contribution < -0.4 is 10.6 Å². The van der Waals surface area contributed by atoms with Crippen LogP contribution in [-0.4, -0.2) is 17.6 Å². The number of halogens is 1. The first-order valence-electron chi connectivity index (χ1n) is 7.65. The summed E-state index contributed by atoms with van der Waals surface area (Å²) in [5.41, 5.74) is 1.42. The van der Waals surface area contributed by atoms with Crippen molar-refractivity contribution in [2.45, 2.75) is 24.7 Å². The highest BCUT2D eigenvalue weighted by molar-refractivity contribution is 8.00. The van der Waals surface area contributed by atoms with Gasteiger partial charge in [0, 0.05) is 27.7 Å². The summed E-state index contributed by atoms with van der Waals surface area (Å²) < 4.78 is 0. The number of carbonyl (C=O) groups excluding carboxylic acids is 2. The lowest BCUT2D eigenvalue weighted by Crippen LogP contribution is -2.14. The zero-order valence-electron chi connectivity index (χ0n) is 13.3. The highest BCUT2D eigenvalue weighted by Gasteiger charge is 2.05. The van der Waals surface area contributed by atoms with Crippen LogP contribution in [0.25, 0.3) is 0 Å². The van der Waals surface area contributed by atoms with Crippen molar-refractivity contribution >= 4 is 46.6 Å². The number of hydrogen-bond acceptors (Lipinski definition) is 3. The second-order valence-corrected chi connectivity index (χ2v) is 6.65.